The van der Waals surface area contributed by atoms with E-state index in [0.29, 0.717) is 19.6 Å². The van der Waals surface area contributed by atoms with E-state index in [-0.39, 0.29) is 11.8 Å². The molecule has 0 unspecified atom stereocenters. The minimum Gasteiger partial charge on any atom is -0.387 e. The Hall–Kier alpha value is -0.910. The van der Waals surface area contributed by atoms with E-state index in [4.69, 9.17) is 0 Å². The number of benzene rings is 1. The van der Waals surface area contributed by atoms with Crippen LogP contribution in [-0.2, 0) is 4.79 Å². The normalized spacial score (nSPS) is 17.9. The van der Waals surface area contributed by atoms with Gasteiger partial charge < -0.3 is 10.4 Å². The highest BCUT2D eigenvalue weighted by Crippen LogP contribution is 2.28. The molecular weight excluding hydrogens is 320 g/mol. The van der Waals surface area contributed by atoms with E-state index in [1.165, 1.54) is 0 Å². The van der Waals surface area contributed by atoms with Crippen molar-refractivity contribution >= 4 is 27.5 Å². The summed E-state index contributed by atoms with van der Waals surface area (Å²) in [7, 11) is 0. The van der Waals surface area contributed by atoms with E-state index < -0.39 is 5.60 Å². The molecule has 1 heterocycles. The average Bonchev–Trinajstić information content (AvgIpc) is 2.30. The fourth-order valence-corrected chi connectivity index (χ4v) is 2.91. The Kier molecular flexibility index (Phi) is 4.52. The molecule has 2 rings (SSSR count). The van der Waals surface area contributed by atoms with E-state index in [1.807, 2.05) is 43.9 Å². The van der Waals surface area contributed by atoms with Gasteiger partial charge in [0.05, 0.1) is 17.8 Å². The minimum atomic E-state index is -0.634. The van der Waals surface area contributed by atoms with Crippen LogP contribution in [0.25, 0.3) is 0 Å². The summed E-state index contributed by atoms with van der Waals surface area (Å²) in [5.41, 5.74) is 1.28. The van der Waals surface area contributed by atoms with Gasteiger partial charge in [-0.05, 0) is 46.5 Å². The topological polar surface area (TPSA) is 52.6 Å². The number of rotatable bonds is 4. The SMILES string of the molecule is Cc1ccc(NC(=O)CN2CC(O)(C(C)C)C2)c(Br)c1. The van der Waals surface area contributed by atoms with Crippen molar-refractivity contribution in [3.63, 3.8) is 0 Å². The fourth-order valence-electron chi connectivity index (χ4n) is 2.32. The molecule has 1 saturated heterocycles. The number of nitrogens with zero attached hydrogens (tertiary/aromatic N) is 1. The Labute approximate surface area is 128 Å². The first-order valence-corrected chi connectivity index (χ1v) is 7.60. The molecule has 1 aromatic rings. The Balaban J connectivity index is 1.85. The number of likely N-dealkylation sites (tertiary alicyclic amines) is 1. The van der Waals surface area contributed by atoms with Crippen LogP contribution >= 0.6 is 15.9 Å². The number of hydrogen-bond donors (Lipinski definition) is 2. The maximum Gasteiger partial charge on any atom is 0.238 e. The van der Waals surface area contributed by atoms with Crippen molar-refractivity contribution < 1.29 is 9.90 Å². The zero-order valence-electron chi connectivity index (χ0n) is 12.1. The zero-order valence-corrected chi connectivity index (χ0v) is 13.7. The number of halogens is 1. The summed E-state index contributed by atoms with van der Waals surface area (Å²) in [6.07, 6.45) is 0. The summed E-state index contributed by atoms with van der Waals surface area (Å²) in [4.78, 5) is 13.9. The largest absolute Gasteiger partial charge is 0.387 e. The van der Waals surface area contributed by atoms with Gasteiger partial charge in [-0.15, -0.1) is 0 Å². The van der Waals surface area contributed by atoms with Crippen LogP contribution in [0.4, 0.5) is 5.69 Å². The number of β-amino-alcohol motifs (C(OH)–C–C–N with tert-alkyl or cyclic N) is 1. The maximum absolute atomic E-state index is 12.0. The Morgan fingerprint density at radius 2 is 2.15 bits per heavy atom. The highest BCUT2D eigenvalue weighted by Gasteiger charge is 2.43. The van der Waals surface area contributed by atoms with Crippen LogP contribution < -0.4 is 5.32 Å². The van der Waals surface area contributed by atoms with Crippen molar-refractivity contribution in [3.8, 4) is 0 Å². The van der Waals surface area contributed by atoms with E-state index in [1.54, 1.807) is 0 Å². The number of amides is 1. The molecule has 0 aliphatic carbocycles. The summed E-state index contributed by atoms with van der Waals surface area (Å²) < 4.78 is 0.883. The first-order valence-electron chi connectivity index (χ1n) is 6.81. The third kappa shape index (κ3) is 3.40. The lowest BCUT2D eigenvalue weighted by Crippen LogP contribution is -2.65. The smallest absolute Gasteiger partial charge is 0.238 e. The summed E-state index contributed by atoms with van der Waals surface area (Å²) >= 11 is 3.44. The number of carbonyl (C=O) groups is 1. The van der Waals surface area contributed by atoms with Gasteiger partial charge in [-0.2, -0.15) is 0 Å². The standard InChI is InChI=1S/C15H21BrN2O2/c1-10(2)15(20)8-18(9-15)7-14(19)17-13-5-4-11(3)6-12(13)16/h4-6,10,20H,7-9H2,1-3H3,(H,17,19). The van der Waals surface area contributed by atoms with Crippen molar-refractivity contribution in [1.82, 2.24) is 4.90 Å². The maximum atomic E-state index is 12.0. The number of hydrogen-bond acceptors (Lipinski definition) is 3. The zero-order chi connectivity index (χ0) is 14.9. The summed E-state index contributed by atoms with van der Waals surface area (Å²) in [6.45, 7) is 7.44. The highest BCUT2D eigenvalue weighted by atomic mass is 79.9. The molecule has 0 aromatic heterocycles. The lowest BCUT2D eigenvalue weighted by atomic mass is 9.83. The second kappa shape index (κ2) is 5.84. The van der Waals surface area contributed by atoms with Gasteiger partial charge in [0.1, 0.15) is 0 Å². The van der Waals surface area contributed by atoms with Gasteiger partial charge in [0, 0.05) is 17.6 Å². The molecule has 1 fully saturated rings. The third-order valence-corrected chi connectivity index (χ3v) is 4.49. The summed E-state index contributed by atoms with van der Waals surface area (Å²) in [5.74, 6) is 0.161. The molecule has 0 spiro atoms. The van der Waals surface area contributed by atoms with Gasteiger partial charge in [-0.1, -0.05) is 19.9 Å². The Morgan fingerprint density at radius 1 is 1.50 bits per heavy atom. The average molecular weight is 341 g/mol. The van der Waals surface area contributed by atoms with Gasteiger partial charge in [0.15, 0.2) is 0 Å². The molecule has 1 aliphatic heterocycles. The van der Waals surface area contributed by atoms with Crippen LogP contribution in [0.3, 0.4) is 0 Å². The number of aliphatic hydroxyl groups is 1. The molecule has 110 valence electrons. The Bertz CT molecular complexity index is 511. The Morgan fingerprint density at radius 3 is 2.70 bits per heavy atom. The quantitative estimate of drug-likeness (QED) is 0.884. The lowest BCUT2D eigenvalue weighted by molar-refractivity contribution is -0.139. The second-order valence-electron chi connectivity index (χ2n) is 5.93. The number of anilines is 1. The first kappa shape index (κ1) is 15.5. The number of nitrogens with one attached hydrogen (secondary N) is 1. The molecule has 5 heteroatoms. The van der Waals surface area contributed by atoms with E-state index >= 15 is 0 Å². The molecule has 0 atom stereocenters. The minimum absolute atomic E-state index is 0.0552. The predicted molar refractivity (Wildman–Crippen MR) is 83.7 cm³/mol. The molecular formula is C15H21BrN2O2. The predicted octanol–water partition coefficient (Wildman–Crippen LogP) is 2.40. The van der Waals surface area contributed by atoms with Gasteiger partial charge in [0.2, 0.25) is 5.91 Å². The van der Waals surface area contributed by atoms with Gasteiger partial charge >= 0.3 is 0 Å². The third-order valence-electron chi connectivity index (χ3n) is 3.84. The van der Waals surface area contributed by atoms with Crippen LogP contribution in [0.15, 0.2) is 22.7 Å². The summed E-state index contributed by atoms with van der Waals surface area (Å²) in [5, 5.41) is 13.0. The molecule has 0 bridgehead atoms. The fraction of sp³-hybridized carbons (Fsp3) is 0.533. The number of carbonyl (C=O) groups excluding carboxylic acids is 1. The van der Waals surface area contributed by atoms with Crippen molar-refractivity contribution in [3.05, 3.63) is 28.2 Å². The van der Waals surface area contributed by atoms with Crippen LogP contribution in [0.5, 0.6) is 0 Å². The van der Waals surface area contributed by atoms with Crippen LogP contribution in [0, 0.1) is 12.8 Å². The molecule has 0 saturated carbocycles. The van der Waals surface area contributed by atoms with Crippen LogP contribution in [0.2, 0.25) is 0 Å². The molecule has 1 aromatic carbocycles. The number of aryl methyl sites for hydroxylation is 1. The van der Waals surface area contributed by atoms with Crippen molar-refractivity contribution in [1.29, 1.82) is 0 Å². The van der Waals surface area contributed by atoms with Crippen molar-refractivity contribution in [2.24, 2.45) is 5.92 Å². The van der Waals surface area contributed by atoms with Crippen LogP contribution in [-0.4, -0.2) is 41.1 Å². The molecule has 0 radical (unpaired) electrons. The summed E-state index contributed by atoms with van der Waals surface area (Å²) in [6, 6.07) is 5.82. The molecule has 20 heavy (non-hydrogen) atoms. The lowest BCUT2D eigenvalue weighted by Gasteiger charge is -2.48. The van der Waals surface area contributed by atoms with Crippen LogP contribution in [0.1, 0.15) is 19.4 Å². The van der Waals surface area contributed by atoms with Crippen molar-refractivity contribution in [2.75, 3.05) is 25.0 Å². The van der Waals surface area contributed by atoms with Gasteiger partial charge in [-0.25, -0.2) is 0 Å². The van der Waals surface area contributed by atoms with Crippen molar-refractivity contribution in [2.45, 2.75) is 26.4 Å². The van der Waals surface area contributed by atoms with Gasteiger partial charge in [0.25, 0.3) is 0 Å². The van der Waals surface area contributed by atoms with E-state index in [9.17, 15) is 9.90 Å². The van der Waals surface area contributed by atoms with E-state index in [2.05, 4.69) is 21.2 Å². The highest BCUT2D eigenvalue weighted by molar-refractivity contribution is 9.10. The molecule has 4 nitrogen and oxygen atoms in total. The van der Waals surface area contributed by atoms with E-state index in [0.717, 1.165) is 15.7 Å². The first-order chi connectivity index (χ1) is 9.30. The molecule has 1 aliphatic rings. The molecule has 1 amide bonds. The monoisotopic (exact) mass is 340 g/mol. The second-order valence-corrected chi connectivity index (χ2v) is 6.79. The molecule has 2 N–H and O–H groups in total. The van der Waals surface area contributed by atoms with Gasteiger partial charge in [-0.3, -0.25) is 9.69 Å².